The van der Waals surface area contributed by atoms with E-state index >= 15 is 0 Å². The van der Waals surface area contributed by atoms with Crippen LogP contribution in [0.5, 0.6) is 17.2 Å². The summed E-state index contributed by atoms with van der Waals surface area (Å²) in [5.74, 6) is 0.585. The van der Waals surface area contributed by atoms with E-state index < -0.39 is 11.9 Å². The predicted molar refractivity (Wildman–Crippen MR) is 112 cm³/mol. The molecular formula is C23H20N2O5. The van der Waals surface area contributed by atoms with Gasteiger partial charge in [-0.15, -0.1) is 0 Å². The van der Waals surface area contributed by atoms with Gasteiger partial charge in [0.15, 0.2) is 18.1 Å². The van der Waals surface area contributed by atoms with E-state index in [2.05, 4.69) is 10.5 Å². The smallest absolute Gasteiger partial charge is 0.343 e. The fourth-order valence-electron chi connectivity index (χ4n) is 2.45. The third-order valence-corrected chi connectivity index (χ3v) is 3.93. The summed E-state index contributed by atoms with van der Waals surface area (Å²) in [6.07, 6.45) is 1.48. The largest absolute Gasteiger partial charge is 0.493 e. The summed E-state index contributed by atoms with van der Waals surface area (Å²) in [6.45, 7) is -0.202. The SMILES string of the molecule is COc1ccccc1OCC(=O)N/N=C\c1ccc(OC(=O)c2ccccc2)cc1. The normalized spacial score (nSPS) is 10.4. The molecule has 3 rings (SSSR count). The number of hydrazone groups is 1. The Morgan fingerprint density at radius 2 is 1.57 bits per heavy atom. The topological polar surface area (TPSA) is 86.2 Å². The van der Waals surface area contributed by atoms with Crippen molar-refractivity contribution in [3.8, 4) is 17.2 Å². The van der Waals surface area contributed by atoms with E-state index in [0.29, 0.717) is 22.8 Å². The quantitative estimate of drug-likeness (QED) is 0.269. The summed E-state index contributed by atoms with van der Waals surface area (Å²) >= 11 is 0. The van der Waals surface area contributed by atoms with Gasteiger partial charge in [0, 0.05) is 0 Å². The Morgan fingerprint density at radius 1 is 0.900 bits per heavy atom. The molecule has 152 valence electrons. The van der Waals surface area contributed by atoms with Crippen LogP contribution in [-0.4, -0.2) is 31.8 Å². The van der Waals surface area contributed by atoms with E-state index in [1.807, 2.05) is 12.1 Å². The van der Waals surface area contributed by atoms with Crippen molar-refractivity contribution in [2.45, 2.75) is 0 Å². The number of rotatable bonds is 8. The van der Waals surface area contributed by atoms with Gasteiger partial charge in [0.25, 0.3) is 5.91 Å². The van der Waals surface area contributed by atoms with Crippen LogP contribution in [0.4, 0.5) is 0 Å². The van der Waals surface area contributed by atoms with Gasteiger partial charge in [-0.2, -0.15) is 5.10 Å². The number of hydrogen-bond donors (Lipinski definition) is 1. The van der Waals surface area contributed by atoms with Crippen LogP contribution < -0.4 is 19.6 Å². The number of ether oxygens (including phenoxy) is 3. The molecule has 0 aliphatic carbocycles. The Morgan fingerprint density at radius 3 is 2.27 bits per heavy atom. The lowest BCUT2D eigenvalue weighted by Crippen LogP contribution is -2.24. The zero-order valence-corrected chi connectivity index (χ0v) is 16.3. The molecule has 0 saturated carbocycles. The van der Waals surface area contributed by atoms with Crippen LogP contribution in [0.3, 0.4) is 0 Å². The zero-order valence-electron chi connectivity index (χ0n) is 16.3. The lowest BCUT2D eigenvalue weighted by molar-refractivity contribution is -0.123. The number of amides is 1. The van der Waals surface area contributed by atoms with E-state index in [4.69, 9.17) is 14.2 Å². The first-order valence-electron chi connectivity index (χ1n) is 9.11. The lowest BCUT2D eigenvalue weighted by atomic mass is 10.2. The summed E-state index contributed by atoms with van der Waals surface area (Å²) in [6, 6.07) is 22.5. The Balaban J connectivity index is 1.47. The minimum absolute atomic E-state index is 0.202. The molecule has 0 aromatic heterocycles. The molecule has 7 heteroatoms. The molecule has 0 aliphatic heterocycles. The third-order valence-electron chi connectivity index (χ3n) is 3.93. The average Bonchev–Trinajstić information content (AvgIpc) is 2.79. The van der Waals surface area contributed by atoms with E-state index in [0.717, 1.165) is 5.56 Å². The lowest BCUT2D eigenvalue weighted by Gasteiger charge is -2.09. The minimum Gasteiger partial charge on any atom is -0.493 e. The van der Waals surface area contributed by atoms with Crippen LogP contribution in [0.25, 0.3) is 0 Å². The summed E-state index contributed by atoms with van der Waals surface area (Å²) in [4.78, 5) is 23.9. The molecule has 1 amide bonds. The van der Waals surface area contributed by atoms with Crippen LogP contribution >= 0.6 is 0 Å². The number of hydrogen-bond acceptors (Lipinski definition) is 6. The average molecular weight is 404 g/mol. The molecule has 7 nitrogen and oxygen atoms in total. The van der Waals surface area contributed by atoms with Gasteiger partial charge in [0.2, 0.25) is 0 Å². The zero-order chi connectivity index (χ0) is 21.2. The van der Waals surface area contributed by atoms with Crippen LogP contribution in [0.15, 0.2) is 84.0 Å². The van der Waals surface area contributed by atoms with Crippen molar-refractivity contribution >= 4 is 18.1 Å². The number of nitrogens with zero attached hydrogens (tertiary/aromatic N) is 1. The van der Waals surface area contributed by atoms with Crippen LogP contribution in [0.2, 0.25) is 0 Å². The number of esters is 1. The fourth-order valence-corrected chi connectivity index (χ4v) is 2.45. The van der Waals surface area contributed by atoms with Crippen molar-refractivity contribution in [3.63, 3.8) is 0 Å². The number of carbonyl (C=O) groups is 2. The first-order chi connectivity index (χ1) is 14.7. The second-order valence-corrected chi connectivity index (χ2v) is 6.06. The highest BCUT2D eigenvalue weighted by molar-refractivity contribution is 5.91. The molecule has 0 saturated heterocycles. The van der Waals surface area contributed by atoms with Gasteiger partial charge in [-0.25, -0.2) is 10.2 Å². The molecular weight excluding hydrogens is 384 g/mol. The monoisotopic (exact) mass is 404 g/mol. The van der Waals surface area contributed by atoms with Gasteiger partial charge in [-0.3, -0.25) is 4.79 Å². The molecule has 30 heavy (non-hydrogen) atoms. The Kier molecular flexibility index (Phi) is 7.16. The number of para-hydroxylation sites is 2. The first kappa shape index (κ1) is 20.6. The number of benzene rings is 3. The van der Waals surface area contributed by atoms with Gasteiger partial charge < -0.3 is 14.2 Å². The molecule has 3 aromatic carbocycles. The van der Waals surface area contributed by atoms with Gasteiger partial charge in [0.1, 0.15) is 5.75 Å². The summed E-state index contributed by atoms with van der Waals surface area (Å²) in [5, 5.41) is 3.89. The molecule has 3 aromatic rings. The Hall–Kier alpha value is -4.13. The Bertz CT molecular complexity index is 1020. The highest BCUT2D eigenvalue weighted by Crippen LogP contribution is 2.25. The second-order valence-electron chi connectivity index (χ2n) is 6.06. The molecule has 0 fully saturated rings. The summed E-state index contributed by atoms with van der Waals surface area (Å²) in [5.41, 5.74) is 3.58. The van der Waals surface area contributed by atoms with Crippen molar-refractivity contribution in [1.29, 1.82) is 0 Å². The first-order valence-corrected chi connectivity index (χ1v) is 9.11. The molecule has 0 unspecified atom stereocenters. The van der Waals surface area contributed by atoms with Gasteiger partial charge >= 0.3 is 5.97 Å². The fraction of sp³-hybridized carbons (Fsp3) is 0.0870. The van der Waals surface area contributed by atoms with Crippen molar-refractivity contribution in [2.24, 2.45) is 5.10 Å². The molecule has 0 bridgehead atoms. The summed E-state index contributed by atoms with van der Waals surface area (Å²) in [7, 11) is 1.53. The predicted octanol–water partition coefficient (Wildman–Crippen LogP) is 3.44. The van der Waals surface area contributed by atoms with Crippen molar-refractivity contribution in [1.82, 2.24) is 5.43 Å². The minimum atomic E-state index is -0.431. The van der Waals surface area contributed by atoms with E-state index in [9.17, 15) is 9.59 Å². The maximum atomic E-state index is 12.0. The maximum absolute atomic E-state index is 12.0. The van der Waals surface area contributed by atoms with Crippen LogP contribution in [-0.2, 0) is 4.79 Å². The van der Waals surface area contributed by atoms with Crippen LogP contribution in [0, 0.1) is 0 Å². The van der Waals surface area contributed by atoms with E-state index in [-0.39, 0.29) is 6.61 Å². The number of methoxy groups -OCH3 is 1. The molecule has 0 aliphatic rings. The number of nitrogens with one attached hydrogen (secondary N) is 1. The van der Waals surface area contributed by atoms with E-state index in [1.165, 1.54) is 13.3 Å². The van der Waals surface area contributed by atoms with Crippen molar-refractivity contribution in [2.75, 3.05) is 13.7 Å². The standard InChI is InChI=1S/C23H20N2O5/c1-28-20-9-5-6-10-21(20)29-16-22(26)25-24-15-17-11-13-19(14-12-17)30-23(27)18-7-3-2-4-8-18/h2-15H,16H2,1H3,(H,25,26)/b24-15-. The molecule has 1 N–H and O–H groups in total. The third kappa shape index (κ3) is 5.93. The maximum Gasteiger partial charge on any atom is 0.343 e. The summed E-state index contributed by atoms with van der Waals surface area (Å²) < 4.78 is 15.9. The highest BCUT2D eigenvalue weighted by atomic mass is 16.5. The molecule has 0 atom stereocenters. The Labute approximate surface area is 173 Å². The van der Waals surface area contributed by atoms with Crippen molar-refractivity contribution in [3.05, 3.63) is 90.0 Å². The van der Waals surface area contributed by atoms with Crippen LogP contribution in [0.1, 0.15) is 15.9 Å². The van der Waals surface area contributed by atoms with Gasteiger partial charge in [-0.05, 0) is 54.1 Å². The van der Waals surface area contributed by atoms with Gasteiger partial charge in [0.05, 0.1) is 18.9 Å². The molecule has 0 heterocycles. The molecule has 0 radical (unpaired) electrons. The van der Waals surface area contributed by atoms with Gasteiger partial charge in [-0.1, -0.05) is 30.3 Å². The molecule has 0 spiro atoms. The van der Waals surface area contributed by atoms with Crippen molar-refractivity contribution < 1.29 is 23.8 Å². The highest BCUT2D eigenvalue weighted by Gasteiger charge is 2.08. The van der Waals surface area contributed by atoms with E-state index in [1.54, 1.807) is 66.7 Å². The second kappa shape index (κ2) is 10.4. The number of carbonyl (C=O) groups excluding carboxylic acids is 2.